The first kappa shape index (κ1) is 24.1. The van der Waals surface area contributed by atoms with Crippen molar-refractivity contribution in [2.45, 2.75) is 10.4 Å². The van der Waals surface area contributed by atoms with Crippen molar-refractivity contribution in [2.24, 2.45) is 0 Å². The molecule has 34 heavy (non-hydrogen) atoms. The Morgan fingerprint density at radius 2 is 1.06 bits per heavy atom. The van der Waals surface area contributed by atoms with E-state index in [0.717, 1.165) is 28.2 Å². The number of thioether (sulfide) groups is 2. The molecule has 0 aliphatic heterocycles. The van der Waals surface area contributed by atoms with Crippen LogP contribution >= 0.6 is 23.5 Å². The lowest BCUT2D eigenvalue weighted by Crippen LogP contribution is -2.54. The van der Waals surface area contributed by atoms with E-state index in [1.807, 2.05) is 84.6 Å². The third kappa shape index (κ3) is 6.11. The van der Waals surface area contributed by atoms with Gasteiger partial charge in [0.2, 0.25) is 5.91 Å². The number of carbonyl (C=O) groups excluding carboxylic acids is 1. The van der Waals surface area contributed by atoms with Crippen LogP contribution in [0.4, 0.5) is 0 Å². The number of benzene rings is 4. The molecule has 1 amide bonds. The smallest absolute Gasteiger partial charge is 0.244 e. The average molecular weight is 485 g/mol. The van der Waals surface area contributed by atoms with Gasteiger partial charge in [0.25, 0.3) is 0 Å². The molecule has 3 nitrogen and oxygen atoms in total. The second-order valence-electron chi connectivity index (χ2n) is 7.74. The van der Waals surface area contributed by atoms with Crippen molar-refractivity contribution in [3.8, 4) is 0 Å². The molecule has 0 fully saturated rings. The van der Waals surface area contributed by atoms with Crippen LogP contribution in [0.3, 0.4) is 0 Å². The summed E-state index contributed by atoms with van der Waals surface area (Å²) in [4.78, 5) is 14.1. The Labute approximate surface area is 210 Å². The maximum Gasteiger partial charge on any atom is 0.244 e. The summed E-state index contributed by atoms with van der Waals surface area (Å²) in [5.74, 6) is 2.24. The lowest BCUT2D eigenvalue weighted by molar-refractivity contribution is -0.119. The van der Waals surface area contributed by atoms with E-state index in [4.69, 9.17) is 0 Å². The van der Waals surface area contributed by atoms with E-state index in [9.17, 15) is 4.79 Å². The van der Waals surface area contributed by atoms with Crippen molar-refractivity contribution in [3.05, 3.63) is 138 Å². The number of hydrazine groups is 1. The lowest BCUT2D eigenvalue weighted by Gasteiger charge is -2.37. The average Bonchev–Trinajstić information content (AvgIpc) is 2.91. The Morgan fingerprint density at radius 3 is 1.53 bits per heavy atom. The van der Waals surface area contributed by atoms with Crippen LogP contribution in [0.2, 0.25) is 0 Å². The molecule has 0 saturated carbocycles. The molecule has 172 valence electrons. The summed E-state index contributed by atoms with van der Waals surface area (Å²) in [5.41, 5.74) is 8.89. The van der Waals surface area contributed by atoms with Gasteiger partial charge in [0.1, 0.15) is 5.54 Å². The second kappa shape index (κ2) is 12.5. The number of amides is 1. The maximum atomic E-state index is 12.8. The van der Waals surface area contributed by atoms with Gasteiger partial charge in [-0.1, -0.05) is 109 Å². The highest BCUT2D eigenvalue weighted by atomic mass is 32.2. The van der Waals surface area contributed by atoms with E-state index >= 15 is 0 Å². The van der Waals surface area contributed by atoms with Crippen LogP contribution < -0.4 is 10.9 Å². The molecule has 0 aliphatic rings. The SMILES string of the molecule is O=C(CSCCSc1ccccc1)NNC(c1ccccc1)(c1ccccc1)c1ccccc1. The Kier molecular flexibility index (Phi) is 8.85. The molecule has 2 N–H and O–H groups in total. The molecule has 0 saturated heterocycles. The highest BCUT2D eigenvalue weighted by molar-refractivity contribution is 8.03. The summed E-state index contributed by atoms with van der Waals surface area (Å²) in [6.45, 7) is 0. The van der Waals surface area contributed by atoms with Gasteiger partial charge in [-0.2, -0.15) is 11.8 Å². The van der Waals surface area contributed by atoms with Crippen LogP contribution in [-0.4, -0.2) is 23.2 Å². The molecule has 4 aromatic carbocycles. The number of nitrogens with one attached hydrogen (secondary N) is 2. The summed E-state index contributed by atoms with van der Waals surface area (Å²) >= 11 is 3.46. The summed E-state index contributed by atoms with van der Waals surface area (Å²) in [7, 11) is 0. The Bertz CT molecular complexity index is 1040. The molecule has 5 heteroatoms. The van der Waals surface area contributed by atoms with Gasteiger partial charge in [0.05, 0.1) is 5.75 Å². The van der Waals surface area contributed by atoms with Crippen LogP contribution in [0, 0.1) is 0 Å². The van der Waals surface area contributed by atoms with Crippen LogP contribution in [0.5, 0.6) is 0 Å². The highest BCUT2D eigenvalue weighted by Gasteiger charge is 2.36. The molecule has 4 rings (SSSR count). The predicted molar refractivity (Wildman–Crippen MR) is 145 cm³/mol. The van der Waals surface area contributed by atoms with Crippen molar-refractivity contribution in [3.63, 3.8) is 0 Å². The number of carbonyl (C=O) groups is 1. The third-order valence-electron chi connectivity index (χ3n) is 5.48. The van der Waals surface area contributed by atoms with E-state index in [1.54, 1.807) is 11.8 Å². The van der Waals surface area contributed by atoms with Crippen LogP contribution in [0.1, 0.15) is 16.7 Å². The Hall–Kier alpha value is -2.99. The van der Waals surface area contributed by atoms with E-state index < -0.39 is 5.54 Å². The van der Waals surface area contributed by atoms with Gasteiger partial charge < -0.3 is 0 Å². The molecular weight excluding hydrogens is 456 g/mol. The van der Waals surface area contributed by atoms with Crippen molar-refractivity contribution in [1.82, 2.24) is 10.9 Å². The first-order chi connectivity index (χ1) is 16.8. The fourth-order valence-corrected chi connectivity index (χ4v) is 5.67. The van der Waals surface area contributed by atoms with Gasteiger partial charge in [-0.3, -0.25) is 10.2 Å². The van der Waals surface area contributed by atoms with Crippen molar-refractivity contribution in [1.29, 1.82) is 0 Å². The number of hydrogen-bond acceptors (Lipinski definition) is 4. The van der Waals surface area contributed by atoms with E-state index in [-0.39, 0.29) is 5.91 Å². The minimum Gasteiger partial charge on any atom is -0.289 e. The van der Waals surface area contributed by atoms with Gasteiger partial charge in [0.15, 0.2) is 0 Å². The first-order valence-electron chi connectivity index (χ1n) is 11.3. The zero-order valence-corrected chi connectivity index (χ0v) is 20.5. The van der Waals surface area contributed by atoms with Gasteiger partial charge in [0, 0.05) is 16.4 Å². The third-order valence-corrected chi connectivity index (χ3v) is 7.71. The van der Waals surface area contributed by atoms with Crippen LogP contribution in [-0.2, 0) is 10.3 Å². The largest absolute Gasteiger partial charge is 0.289 e. The molecular formula is C29H28N2OS2. The Balaban J connectivity index is 1.46. The summed E-state index contributed by atoms with van der Waals surface area (Å²) in [6.07, 6.45) is 0. The Morgan fingerprint density at radius 1 is 0.618 bits per heavy atom. The number of hydrogen-bond donors (Lipinski definition) is 2. The topological polar surface area (TPSA) is 41.1 Å². The highest BCUT2D eigenvalue weighted by Crippen LogP contribution is 2.36. The maximum absolute atomic E-state index is 12.8. The molecule has 0 radical (unpaired) electrons. The fourth-order valence-electron chi connectivity index (χ4n) is 3.88. The minimum absolute atomic E-state index is 0.0399. The predicted octanol–water partition coefficient (Wildman–Crippen LogP) is 6.12. The van der Waals surface area contributed by atoms with E-state index in [1.165, 1.54) is 4.90 Å². The molecule has 4 aromatic rings. The van der Waals surface area contributed by atoms with Gasteiger partial charge in [-0.25, -0.2) is 5.43 Å². The quantitative estimate of drug-likeness (QED) is 0.116. The first-order valence-corrected chi connectivity index (χ1v) is 13.4. The summed E-state index contributed by atoms with van der Waals surface area (Å²) in [5, 5.41) is 0. The van der Waals surface area contributed by atoms with Crippen molar-refractivity contribution < 1.29 is 4.79 Å². The molecule has 0 aromatic heterocycles. The van der Waals surface area contributed by atoms with Crippen molar-refractivity contribution in [2.75, 3.05) is 17.3 Å². The summed E-state index contributed by atoms with van der Waals surface area (Å²) < 4.78 is 0. The molecule has 0 spiro atoms. The molecule has 0 aliphatic carbocycles. The molecule has 0 heterocycles. The zero-order valence-electron chi connectivity index (χ0n) is 18.9. The van der Waals surface area contributed by atoms with Crippen LogP contribution in [0.15, 0.2) is 126 Å². The van der Waals surface area contributed by atoms with Gasteiger partial charge in [-0.15, -0.1) is 11.8 Å². The van der Waals surface area contributed by atoms with E-state index in [0.29, 0.717) is 5.75 Å². The van der Waals surface area contributed by atoms with Crippen molar-refractivity contribution >= 4 is 29.4 Å². The summed E-state index contributed by atoms with van der Waals surface area (Å²) in [6, 6.07) is 41.1. The van der Waals surface area contributed by atoms with Crippen LogP contribution in [0.25, 0.3) is 0 Å². The fraction of sp³-hybridized carbons (Fsp3) is 0.138. The van der Waals surface area contributed by atoms with E-state index in [2.05, 4.69) is 59.4 Å². The van der Waals surface area contributed by atoms with Gasteiger partial charge in [-0.05, 0) is 28.8 Å². The monoisotopic (exact) mass is 484 g/mol. The molecule has 0 bridgehead atoms. The lowest BCUT2D eigenvalue weighted by atomic mass is 9.77. The molecule has 0 unspecified atom stereocenters. The second-order valence-corrected chi connectivity index (χ2v) is 10.0. The normalized spacial score (nSPS) is 11.2. The standard InChI is InChI=1S/C29H28N2OS2/c32-28(23-33-21-22-34-27-19-11-4-12-20-27)30-31-29(24-13-5-1-6-14-24,25-15-7-2-8-16-25)26-17-9-3-10-18-26/h1-20,31H,21-23H2,(H,30,32). The minimum atomic E-state index is -0.715. The zero-order chi connectivity index (χ0) is 23.5. The molecule has 0 atom stereocenters. The van der Waals surface area contributed by atoms with Gasteiger partial charge >= 0.3 is 0 Å². The number of rotatable bonds is 11.